The Balaban J connectivity index is 1.62. The quantitative estimate of drug-likeness (QED) is 0.494. The molecule has 0 aliphatic rings. The molecular weight excluding hydrogens is 408 g/mol. The number of ether oxygens (including phenoxy) is 2. The number of aliphatic carboxylic acids is 1. The summed E-state index contributed by atoms with van der Waals surface area (Å²) in [4.78, 5) is 28.6. The van der Waals surface area contributed by atoms with Gasteiger partial charge in [0.25, 0.3) is 5.56 Å². The van der Waals surface area contributed by atoms with E-state index in [9.17, 15) is 14.7 Å². The van der Waals surface area contributed by atoms with Crippen LogP contribution >= 0.6 is 0 Å². The Kier molecular flexibility index (Phi) is 8.16. The summed E-state index contributed by atoms with van der Waals surface area (Å²) in [6.07, 6.45) is 0.0605. The Hall–Kier alpha value is -3.45. The molecule has 0 unspecified atom stereocenters. The molecule has 0 saturated carbocycles. The van der Waals surface area contributed by atoms with Crippen molar-refractivity contribution in [3.05, 3.63) is 82.4 Å². The maximum absolute atomic E-state index is 12.7. The molecule has 1 N–H and O–H groups in total. The average Bonchev–Trinajstić information content (AvgIpc) is 2.81. The molecule has 0 bridgehead atoms. The van der Waals surface area contributed by atoms with Gasteiger partial charge in [-0.3, -0.25) is 9.36 Å². The van der Waals surface area contributed by atoms with Crippen LogP contribution in [0.5, 0.6) is 5.75 Å². The number of carboxylic acids is 1. The van der Waals surface area contributed by atoms with Crippen LogP contribution in [-0.2, 0) is 28.9 Å². The highest BCUT2D eigenvalue weighted by molar-refractivity contribution is 5.72. The smallest absolute Gasteiger partial charge is 0.333 e. The van der Waals surface area contributed by atoms with Gasteiger partial charge in [0.15, 0.2) is 6.10 Å². The summed E-state index contributed by atoms with van der Waals surface area (Å²) < 4.78 is 12.7. The van der Waals surface area contributed by atoms with Crippen molar-refractivity contribution in [3.63, 3.8) is 0 Å². The molecule has 1 atom stereocenters. The molecule has 2 aromatic carbocycles. The Morgan fingerprint density at radius 1 is 1.09 bits per heavy atom. The number of nitrogens with zero attached hydrogens (tertiary/aromatic N) is 2. The molecule has 0 spiro atoms. The largest absolute Gasteiger partial charge is 0.492 e. The van der Waals surface area contributed by atoms with E-state index >= 15 is 0 Å². The maximum atomic E-state index is 12.7. The van der Waals surface area contributed by atoms with E-state index in [1.165, 1.54) is 0 Å². The Morgan fingerprint density at radius 2 is 1.81 bits per heavy atom. The van der Waals surface area contributed by atoms with E-state index in [0.717, 1.165) is 11.1 Å². The topological polar surface area (TPSA) is 90.7 Å². The van der Waals surface area contributed by atoms with Crippen LogP contribution < -0.4 is 10.3 Å². The van der Waals surface area contributed by atoms with Crippen molar-refractivity contribution < 1.29 is 19.4 Å². The minimum atomic E-state index is -0.976. The SMILES string of the molecule is CCO[C@H](Cc1ccc(OCCn2c(CC)nc(-c3ccccc3)cc2=O)cc1)C(=O)O. The molecule has 0 radical (unpaired) electrons. The highest BCUT2D eigenvalue weighted by Gasteiger charge is 2.17. The molecule has 0 aliphatic heterocycles. The molecule has 1 aromatic heterocycles. The predicted octanol–water partition coefficient (Wildman–Crippen LogP) is 3.58. The van der Waals surface area contributed by atoms with Crippen LogP contribution in [0.1, 0.15) is 25.2 Å². The van der Waals surface area contributed by atoms with Gasteiger partial charge in [-0.05, 0) is 24.6 Å². The highest BCUT2D eigenvalue weighted by Crippen LogP contribution is 2.16. The first-order chi connectivity index (χ1) is 15.5. The van der Waals surface area contributed by atoms with Crippen molar-refractivity contribution in [2.24, 2.45) is 0 Å². The van der Waals surface area contributed by atoms with Gasteiger partial charge in [-0.25, -0.2) is 9.78 Å². The van der Waals surface area contributed by atoms with Crippen LogP contribution in [0.15, 0.2) is 65.5 Å². The lowest BCUT2D eigenvalue weighted by atomic mass is 10.1. The number of aromatic nitrogens is 2. The molecule has 1 heterocycles. The van der Waals surface area contributed by atoms with E-state index in [4.69, 9.17) is 9.47 Å². The van der Waals surface area contributed by atoms with Gasteiger partial charge in [-0.2, -0.15) is 0 Å². The summed E-state index contributed by atoms with van der Waals surface area (Å²) in [6, 6.07) is 18.4. The second kappa shape index (κ2) is 11.2. The number of hydrogen-bond acceptors (Lipinski definition) is 5. The minimum absolute atomic E-state index is 0.106. The first-order valence-corrected chi connectivity index (χ1v) is 10.7. The zero-order valence-corrected chi connectivity index (χ0v) is 18.4. The number of carbonyl (C=O) groups is 1. The van der Waals surface area contributed by atoms with Crippen LogP contribution in [0.3, 0.4) is 0 Å². The van der Waals surface area contributed by atoms with Gasteiger partial charge >= 0.3 is 5.97 Å². The van der Waals surface area contributed by atoms with Gasteiger partial charge in [-0.15, -0.1) is 0 Å². The van der Waals surface area contributed by atoms with Crippen molar-refractivity contribution in [2.75, 3.05) is 13.2 Å². The molecule has 0 amide bonds. The fraction of sp³-hybridized carbons (Fsp3) is 0.320. The fourth-order valence-electron chi connectivity index (χ4n) is 3.43. The number of benzene rings is 2. The lowest BCUT2D eigenvalue weighted by Crippen LogP contribution is -2.27. The van der Waals surface area contributed by atoms with E-state index in [-0.39, 0.29) is 12.0 Å². The average molecular weight is 437 g/mol. The minimum Gasteiger partial charge on any atom is -0.492 e. The fourth-order valence-corrected chi connectivity index (χ4v) is 3.43. The third-order valence-electron chi connectivity index (χ3n) is 5.04. The molecule has 3 rings (SSSR count). The second-order valence-electron chi connectivity index (χ2n) is 7.25. The second-order valence-corrected chi connectivity index (χ2v) is 7.25. The third kappa shape index (κ3) is 6.04. The van der Waals surface area contributed by atoms with Gasteiger partial charge in [0.1, 0.15) is 18.2 Å². The lowest BCUT2D eigenvalue weighted by molar-refractivity contribution is -0.149. The summed E-state index contributed by atoms with van der Waals surface area (Å²) in [7, 11) is 0. The van der Waals surface area contributed by atoms with Crippen molar-refractivity contribution in [2.45, 2.75) is 39.3 Å². The molecule has 7 heteroatoms. The molecule has 0 fully saturated rings. The Bertz CT molecular complexity index is 1080. The van der Waals surface area contributed by atoms with E-state index in [1.807, 2.05) is 49.4 Å². The summed E-state index contributed by atoms with van der Waals surface area (Å²) in [5, 5.41) is 9.21. The molecule has 168 valence electrons. The number of rotatable bonds is 11. The normalized spacial score (nSPS) is 11.8. The lowest BCUT2D eigenvalue weighted by Gasteiger charge is -2.14. The molecule has 32 heavy (non-hydrogen) atoms. The van der Waals surface area contributed by atoms with E-state index in [2.05, 4.69) is 4.98 Å². The van der Waals surface area contributed by atoms with Crippen molar-refractivity contribution in [3.8, 4) is 17.0 Å². The number of carboxylic acid groups (broad SMARTS) is 1. The maximum Gasteiger partial charge on any atom is 0.333 e. The summed E-state index contributed by atoms with van der Waals surface area (Å²) >= 11 is 0. The summed E-state index contributed by atoms with van der Waals surface area (Å²) in [5.41, 5.74) is 2.33. The highest BCUT2D eigenvalue weighted by atomic mass is 16.5. The standard InChI is InChI=1S/C25H28N2O5/c1-3-23-26-21(19-8-6-5-7-9-19)17-24(28)27(23)14-15-32-20-12-10-18(11-13-20)16-22(25(29)30)31-4-2/h5-13,17,22H,3-4,14-16H2,1-2H3,(H,29,30)/t22-/m1/s1. The third-order valence-corrected chi connectivity index (χ3v) is 5.04. The molecule has 0 aliphatic carbocycles. The molecule has 3 aromatic rings. The Morgan fingerprint density at radius 3 is 2.44 bits per heavy atom. The monoisotopic (exact) mass is 436 g/mol. The number of hydrogen-bond donors (Lipinski definition) is 1. The Labute approximate surface area is 187 Å². The van der Waals surface area contributed by atoms with Crippen molar-refractivity contribution >= 4 is 5.97 Å². The van der Waals surface area contributed by atoms with Crippen LogP contribution in [0, 0.1) is 0 Å². The van der Waals surface area contributed by atoms with E-state index in [1.54, 1.807) is 29.7 Å². The summed E-state index contributed by atoms with van der Waals surface area (Å²) in [6.45, 7) is 4.79. The van der Waals surface area contributed by atoms with Crippen molar-refractivity contribution in [1.82, 2.24) is 9.55 Å². The summed E-state index contributed by atoms with van der Waals surface area (Å²) in [5.74, 6) is 0.388. The first-order valence-electron chi connectivity index (χ1n) is 10.7. The van der Waals surface area contributed by atoms with E-state index < -0.39 is 12.1 Å². The van der Waals surface area contributed by atoms with Gasteiger partial charge in [-0.1, -0.05) is 49.4 Å². The number of aryl methyl sites for hydroxylation is 1. The molecule has 7 nitrogen and oxygen atoms in total. The van der Waals surface area contributed by atoms with Crippen LogP contribution in [0.4, 0.5) is 0 Å². The van der Waals surface area contributed by atoms with Crippen molar-refractivity contribution in [1.29, 1.82) is 0 Å². The predicted molar refractivity (Wildman–Crippen MR) is 122 cm³/mol. The van der Waals surface area contributed by atoms with Crippen LogP contribution in [0.2, 0.25) is 0 Å². The van der Waals surface area contributed by atoms with Gasteiger partial charge in [0, 0.05) is 31.1 Å². The van der Waals surface area contributed by atoms with E-state index in [0.29, 0.717) is 43.4 Å². The van der Waals surface area contributed by atoms with Gasteiger partial charge in [0.05, 0.1) is 12.2 Å². The van der Waals surface area contributed by atoms with Gasteiger partial charge < -0.3 is 14.6 Å². The molecular formula is C25H28N2O5. The van der Waals surface area contributed by atoms with Gasteiger partial charge in [0.2, 0.25) is 0 Å². The first kappa shape index (κ1) is 23.2. The zero-order chi connectivity index (χ0) is 22.9. The van der Waals surface area contributed by atoms with Crippen LogP contribution in [0.25, 0.3) is 11.3 Å². The zero-order valence-electron chi connectivity index (χ0n) is 18.4. The molecule has 0 saturated heterocycles. The van der Waals surface area contributed by atoms with Crippen LogP contribution in [-0.4, -0.2) is 39.9 Å².